The molecule has 0 bridgehead atoms. The van der Waals surface area contributed by atoms with E-state index in [-0.39, 0.29) is 5.56 Å². The van der Waals surface area contributed by atoms with E-state index >= 15 is 0 Å². The van der Waals surface area contributed by atoms with Gasteiger partial charge in [0, 0.05) is 42.9 Å². The number of likely N-dealkylation sites (N-methyl/N-ethyl adjacent to an activating group) is 1. The summed E-state index contributed by atoms with van der Waals surface area (Å²) < 4.78 is 5.26. The maximum absolute atomic E-state index is 12.7. The van der Waals surface area contributed by atoms with Crippen molar-refractivity contribution in [3.63, 3.8) is 0 Å². The van der Waals surface area contributed by atoms with Crippen LogP contribution in [-0.2, 0) is 0 Å². The van der Waals surface area contributed by atoms with Crippen LogP contribution in [-0.4, -0.2) is 44.0 Å². The quantitative estimate of drug-likeness (QED) is 0.711. The summed E-state index contributed by atoms with van der Waals surface area (Å²) in [6.45, 7) is 6.00. The van der Waals surface area contributed by atoms with E-state index in [9.17, 15) is 9.59 Å². The molecule has 0 spiro atoms. The van der Waals surface area contributed by atoms with Gasteiger partial charge < -0.3 is 19.5 Å². The highest BCUT2D eigenvalue weighted by molar-refractivity contribution is 6.05. The summed E-state index contributed by atoms with van der Waals surface area (Å²) in [4.78, 5) is 29.5. The fourth-order valence-corrected chi connectivity index (χ4v) is 3.46. The zero-order chi connectivity index (χ0) is 19.7. The average molecular weight is 377 g/mol. The molecule has 1 amide bonds. The zero-order valence-corrected chi connectivity index (χ0v) is 16.1. The Morgan fingerprint density at radius 2 is 1.79 bits per heavy atom. The van der Waals surface area contributed by atoms with Crippen molar-refractivity contribution in [2.45, 2.75) is 6.92 Å². The Hall–Kier alpha value is -3.12. The fraction of sp³-hybridized carbons (Fsp3) is 0.273. The number of fused-ring (bicyclic) bond motifs is 1. The number of rotatable bonds is 3. The van der Waals surface area contributed by atoms with E-state index in [1.165, 1.54) is 0 Å². The number of hydrogen-bond donors (Lipinski definition) is 1. The third-order valence-electron chi connectivity index (χ3n) is 5.21. The van der Waals surface area contributed by atoms with E-state index in [0.29, 0.717) is 11.3 Å². The van der Waals surface area contributed by atoms with Crippen LogP contribution in [0.25, 0.3) is 11.0 Å². The van der Waals surface area contributed by atoms with Gasteiger partial charge in [-0.3, -0.25) is 4.79 Å². The number of anilines is 2. The largest absolute Gasteiger partial charge is 0.422 e. The van der Waals surface area contributed by atoms with Crippen LogP contribution in [0, 0.1) is 6.92 Å². The van der Waals surface area contributed by atoms with Gasteiger partial charge >= 0.3 is 5.63 Å². The standard InChI is InChI=1S/C22H23N3O3/c1-15-13-17(25-11-9-24(2)10-12-25)7-8-19(15)23-21(26)18-14-16-5-3-4-6-20(16)28-22(18)27/h3-8,13-14H,9-12H2,1-2H3,(H,23,26). The summed E-state index contributed by atoms with van der Waals surface area (Å²) in [5, 5.41) is 3.56. The highest BCUT2D eigenvalue weighted by atomic mass is 16.4. The maximum Gasteiger partial charge on any atom is 0.349 e. The van der Waals surface area contributed by atoms with Crippen LogP contribution in [0.1, 0.15) is 15.9 Å². The first-order valence-corrected chi connectivity index (χ1v) is 9.39. The summed E-state index contributed by atoms with van der Waals surface area (Å²) in [7, 11) is 2.13. The molecule has 1 aromatic heterocycles. The molecule has 144 valence electrons. The highest BCUT2D eigenvalue weighted by Gasteiger charge is 2.17. The lowest BCUT2D eigenvalue weighted by Crippen LogP contribution is -2.44. The number of carbonyl (C=O) groups is 1. The summed E-state index contributed by atoms with van der Waals surface area (Å²) >= 11 is 0. The molecule has 1 aliphatic heterocycles. The first kappa shape index (κ1) is 18.3. The van der Waals surface area contributed by atoms with Crippen molar-refractivity contribution in [3.8, 4) is 0 Å². The molecular formula is C22H23N3O3. The molecule has 0 unspecified atom stereocenters. The Bertz CT molecular complexity index is 1080. The predicted octanol–water partition coefficient (Wildman–Crippen LogP) is 3.11. The first-order valence-electron chi connectivity index (χ1n) is 9.39. The first-order chi connectivity index (χ1) is 13.5. The number of nitrogens with zero attached hydrogens (tertiary/aromatic N) is 2. The summed E-state index contributed by atoms with van der Waals surface area (Å²) in [6.07, 6.45) is 0. The lowest BCUT2D eigenvalue weighted by molar-refractivity contribution is 0.102. The molecule has 6 heteroatoms. The van der Waals surface area contributed by atoms with E-state index in [0.717, 1.165) is 42.8 Å². The van der Waals surface area contributed by atoms with Gasteiger partial charge in [0.25, 0.3) is 5.91 Å². The number of hydrogen-bond acceptors (Lipinski definition) is 5. The van der Waals surface area contributed by atoms with Gasteiger partial charge in [-0.05, 0) is 49.9 Å². The van der Waals surface area contributed by atoms with E-state index in [1.807, 2.05) is 31.2 Å². The number of para-hydroxylation sites is 1. The molecule has 6 nitrogen and oxygen atoms in total. The molecule has 2 heterocycles. The van der Waals surface area contributed by atoms with Gasteiger partial charge in [0.05, 0.1) is 0 Å². The van der Waals surface area contributed by atoms with Crippen LogP contribution in [0.15, 0.2) is 57.7 Å². The van der Waals surface area contributed by atoms with E-state index in [4.69, 9.17) is 4.42 Å². The van der Waals surface area contributed by atoms with Crippen LogP contribution in [0.3, 0.4) is 0 Å². The molecule has 1 saturated heterocycles. The predicted molar refractivity (Wildman–Crippen MR) is 111 cm³/mol. The van der Waals surface area contributed by atoms with Crippen LogP contribution in [0.5, 0.6) is 0 Å². The van der Waals surface area contributed by atoms with Crippen molar-refractivity contribution in [1.82, 2.24) is 4.90 Å². The molecule has 0 radical (unpaired) electrons. The Morgan fingerprint density at radius 1 is 1.04 bits per heavy atom. The summed E-state index contributed by atoms with van der Waals surface area (Å²) in [5.41, 5.74) is 2.63. The molecule has 0 saturated carbocycles. The molecule has 1 fully saturated rings. The van der Waals surface area contributed by atoms with Crippen molar-refractivity contribution < 1.29 is 9.21 Å². The Balaban J connectivity index is 1.55. The molecule has 1 aliphatic rings. The Kier molecular flexibility index (Phi) is 4.88. The van der Waals surface area contributed by atoms with E-state index < -0.39 is 11.5 Å². The van der Waals surface area contributed by atoms with Crippen molar-refractivity contribution in [2.75, 3.05) is 43.4 Å². The topological polar surface area (TPSA) is 65.8 Å². The molecule has 1 N–H and O–H groups in total. The van der Waals surface area contributed by atoms with Gasteiger partial charge in [-0.15, -0.1) is 0 Å². The monoisotopic (exact) mass is 377 g/mol. The third kappa shape index (κ3) is 3.64. The van der Waals surface area contributed by atoms with Crippen molar-refractivity contribution in [2.24, 2.45) is 0 Å². The number of benzene rings is 2. The number of amides is 1. The minimum atomic E-state index is -0.636. The lowest BCUT2D eigenvalue weighted by atomic mass is 10.1. The summed E-state index contributed by atoms with van der Waals surface area (Å²) in [6, 6.07) is 14.7. The van der Waals surface area contributed by atoms with Crippen LogP contribution in [0.4, 0.5) is 11.4 Å². The number of piperazine rings is 1. The molecule has 0 aliphatic carbocycles. The van der Waals surface area contributed by atoms with Gasteiger partial charge in [0.1, 0.15) is 11.1 Å². The smallest absolute Gasteiger partial charge is 0.349 e. The molecule has 4 rings (SSSR count). The highest BCUT2D eigenvalue weighted by Crippen LogP contribution is 2.24. The minimum absolute atomic E-state index is 0.00115. The van der Waals surface area contributed by atoms with E-state index in [1.54, 1.807) is 18.2 Å². The van der Waals surface area contributed by atoms with Crippen LogP contribution in [0.2, 0.25) is 0 Å². The number of aryl methyl sites for hydroxylation is 1. The van der Waals surface area contributed by atoms with Crippen LogP contribution < -0.4 is 15.8 Å². The fourth-order valence-electron chi connectivity index (χ4n) is 3.46. The van der Waals surface area contributed by atoms with Gasteiger partial charge in [0.2, 0.25) is 0 Å². The molecule has 2 aromatic carbocycles. The third-order valence-corrected chi connectivity index (χ3v) is 5.21. The van der Waals surface area contributed by atoms with Crippen molar-refractivity contribution >= 4 is 28.3 Å². The van der Waals surface area contributed by atoms with Gasteiger partial charge in [-0.1, -0.05) is 18.2 Å². The van der Waals surface area contributed by atoms with Gasteiger partial charge in [0.15, 0.2) is 0 Å². The minimum Gasteiger partial charge on any atom is -0.422 e. The van der Waals surface area contributed by atoms with Gasteiger partial charge in [-0.2, -0.15) is 0 Å². The van der Waals surface area contributed by atoms with Crippen LogP contribution >= 0.6 is 0 Å². The maximum atomic E-state index is 12.7. The molecule has 0 atom stereocenters. The average Bonchev–Trinajstić information content (AvgIpc) is 2.69. The summed E-state index contributed by atoms with van der Waals surface area (Å²) in [5.74, 6) is -0.463. The zero-order valence-electron chi connectivity index (χ0n) is 16.1. The Labute approximate surface area is 163 Å². The molecule has 28 heavy (non-hydrogen) atoms. The second kappa shape index (κ2) is 7.48. The SMILES string of the molecule is Cc1cc(N2CCN(C)CC2)ccc1NC(=O)c1cc2ccccc2oc1=O. The lowest BCUT2D eigenvalue weighted by Gasteiger charge is -2.34. The van der Waals surface area contributed by atoms with Crippen molar-refractivity contribution in [3.05, 3.63) is 70.1 Å². The second-order valence-electron chi connectivity index (χ2n) is 7.23. The molecular weight excluding hydrogens is 354 g/mol. The number of nitrogens with one attached hydrogen (secondary N) is 1. The normalized spacial score (nSPS) is 15.0. The van der Waals surface area contributed by atoms with Crippen molar-refractivity contribution in [1.29, 1.82) is 0 Å². The Morgan fingerprint density at radius 3 is 2.54 bits per heavy atom. The van der Waals surface area contributed by atoms with E-state index in [2.05, 4.69) is 28.2 Å². The second-order valence-corrected chi connectivity index (χ2v) is 7.23. The van der Waals surface area contributed by atoms with Gasteiger partial charge in [-0.25, -0.2) is 4.79 Å². The number of carbonyl (C=O) groups excluding carboxylic acids is 1. The molecule has 3 aromatic rings.